The number of amides is 1. The Morgan fingerprint density at radius 3 is 2.51 bits per heavy atom. The molecular formula is C25H28ClN3O6. The molecule has 186 valence electrons. The molecule has 1 atom stereocenters. The Kier molecular flexibility index (Phi) is 7.30. The number of ketones is 1. The third-order valence-corrected chi connectivity index (χ3v) is 6.93. The summed E-state index contributed by atoms with van der Waals surface area (Å²) in [4.78, 5) is 44.2. The van der Waals surface area contributed by atoms with Crippen LogP contribution in [0.15, 0.2) is 29.8 Å². The molecule has 2 fully saturated rings. The van der Waals surface area contributed by atoms with Crippen LogP contribution in [0.1, 0.15) is 38.9 Å². The molecule has 0 bridgehead atoms. The maximum Gasteiger partial charge on any atom is 0.354 e. The molecule has 1 amide bonds. The fourth-order valence-corrected chi connectivity index (χ4v) is 4.94. The summed E-state index contributed by atoms with van der Waals surface area (Å²) >= 11 is 6.07. The van der Waals surface area contributed by atoms with E-state index in [-0.39, 0.29) is 16.8 Å². The van der Waals surface area contributed by atoms with E-state index in [0.29, 0.717) is 48.1 Å². The molecule has 2 aromatic rings. The fourth-order valence-electron chi connectivity index (χ4n) is 4.81. The molecule has 0 aliphatic carbocycles. The summed E-state index contributed by atoms with van der Waals surface area (Å²) in [5, 5.41) is 14.3. The van der Waals surface area contributed by atoms with Crippen molar-refractivity contribution in [1.82, 2.24) is 9.88 Å². The minimum atomic E-state index is -0.851. The molecule has 1 aromatic heterocycles. The molecule has 9 nitrogen and oxygen atoms in total. The summed E-state index contributed by atoms with van der Waals surface area (Å²) in [6.45, 7) is 7.11. The maximum atomic E-state index is 13.8. The van der Waals surface area contributed by atoms with Gasteiger partial charge in [-0.2, -0.15) is 0 Å². The van der Waals surface area contributed by atoms with Crippen LogP contribution in [0.4, 0.5) is 0 Å². The van der Waals surface area contributed by atoms with E-state index in [0.717, 1.165) is 13.1 Å². The number of aryl methyl sites for hydroxylation is 1. The van der Waals surface area contributed by atoms with Crippen LogP contribution in [-0.2, 0) is 19.1 Å². The van der Waals surface area contributed by atoms with Crippen molar-refractivity contribution in [2.75, 3.05) is 46.5 Å². The number of morpholine rings is 1. The number of rotatable bonds is 6. The lowest BCUT2D eigenvalue weighted by atomic mass is 9.94. The third kappa shape index (κ3) is 4.71. The summed E-state index contributed by atoms with van der Waals surface area (Å²) in [5.74, 6) is -2.73. The van der Waals surface area contributed by atoms with Crippen LogP contribution in [0.2, 0.25) is 5.02 Å². The molecule has 1 unspecified atom stereocenters. The number of quaternary nitrogens is 1. The van der Waals surface area contributed by atoms with E-state index in [2.05, 4.69) is 4.98 Å². The van der Waals surface area contributed by atoms with Crippen molar-refractivity contribution in [1.29, 1.82) is 0 Å². The summed E-state index contributed by atoms with van der Waals surface area (Å²) in [6, 6.07) is 5.92. The van der Waals surface area contributed by atoms with Crippen LogP contribution in [0.5, 0.6) is 0 Å². The van der Waals surface area contributed by atoms with Crippen LogP contribution in [0.25, 0.3) is 5.76 Å². The SMILES string of the molecule is COC(=O)c1[nH]c(C)c(C([O-])=C2C(=O)C(=O)N(CC[NH+]3CCOCC3)C2c2ccc(Cl)cc2)c1C. The van der Waals surface area contributed by atoms with Crippen molar-refractivity contribution in [2.24, 2.45) is 0 Å². The van der Waals surface area contributed by atoms with E-state index in [1.807, 2.05) is 0 Å². The Balaban J connectivity index is 1.79. The molecular weight excluding hydrogens is 474 g/mol. The molecule has 35 heavy (non-hydrogen) atoms. The zero-order chi connectivity index (χ0) is 25.3. The van der Waals surface area contributed by atoms with E-state index >= 15 is 0 Å². The lowest BCUT2D eigenvalue weighted by molar-refractivity contribution is -0.907. The number of carbonyl (C=O) groups excluding carboxylic acids is 3. The lowest BCUT2D eigenvalue weighted by Crippen LogP contribution is -3.14. The van der Waals surface area contributed by atoms with Gasteiger partial charge in [0.25, 0.3) is 5.91 Å². The van der Waals surface area contributed by atoms with E-state index in [4.69, 9.17) is 21.1 Å². The van der Waals surface area contributed by atoms with Crippen molar-refractivity contribution in [3.8, 4) is 0 Å². The number of aromatic amines is 1. The average Bonchev–Trinajstić information content (AvgIpc) is 3.30. The van der Waals surface area contributed by atoms with Gasteiger partial charge >= 0.3 is 5.97 Å². The highest BCUT2D eigenvalue weighted by atomic mass is 35.5. The highest BCUT2D eigenvalue weighted by Crippen LogP contribution is 2.40. The van der Waals surface area contributed by atoms with Gasteiger partial charge in [0.1, 0.15) is 18.8 Å². The van der Waals surface area contributed by atoms with Crippen molar-refractivity contribution in [3.63, 3.8) is 0 Å². The van der Waals surface area contributed by atoms with Gasteiger partial charge in [0.05, 0.1) is 39.5 Å². The number of aromatic nitrogens is 1. The number of esters is 1. The molecule has 10 heteroatoms. The number of Topliss-reactive ketones (excluding diaryl/α,β-unsaturated/α-hetero) is 1. The van der Waals surface area contributed by atoms with Crippen LogP contribution in [0, 0.1) is 13.8 Å². The molecule has 4 rings (SSSR count). The van der Waals surface area contributed by atoms with E-state index in [1.165, 1.54) is 16.9 Å². The maximum absolute atomic E-state index is 13.8. The average molecular weight is 502 g/mol. The zero-order valence-corrected chi connectivity index (χ0v) is 20.7. The monoisotopic (exact) mass is 501 g/mol. The Hall–Kier alpha value is -3.14. The summed E-state index contributed by atoms with van der Waals surface area (Å²) in [7, 11) is 1.25. The summed E-state index contributed by atoms with van der Waals surface area (Å²) in [6.07, 6.45) is 0. The zero-order valence-electron chi connectivity index (χ0n) is 19.9. The number of nitrogens with one attached hydrogen (secondary N) is 2. The molecule has 2 aliphatic heterocycles. The first kappa shape index (κ1) is 25.0. The summed E-state index contributed by atoms with van der Waals surface area (Å²) in [5.41, 5.74) is 1.62. The number of halogens is 1. The number of nitrogens with zero attached hydrogens (tertiary/aromatic N) is 1. The number of H-pyrrole nitrogens is 1. The molecule has 0 radical (unpaired) electrons. The van der Waals surface area contributed by atoms with E-state index in [1.54, 1.807) is 38.1 Å². The Bertz CT molecular complexity index is 1180. The molecule has 0 saturated carbocycles. The first-order chi connectivity index (χ1) is 16.7. The van der Waals surface area contributed by atoms with Crippen molar-refractivity contribution in [2.45, 2.75) is 19.9 Å². The molecule has 2 N–H and O–H groups in total. The van der Waals surface area contributed by atoms with Gasteiger partial charge in [0, 0.05) is 16.3 Å². The minimum absolute atomic E-state index is 0.129. The van der Waals surface area contributed by atoms with Crippen molar-refractivity contribution < 1.29 is 33.9 Å². The van der Waals surface area contributed by atoms with Gasteiger partial charge < -0.3 is 29.4 Å². The number of ether oxygens (including phenoxy) is 2. The Labute approximate surface area is 208 Å². The van der Waals surface area contributed by atoms with Gasteiger partial charge in [-0.1, -0.05) is 29.5 Å². The lowest BCUT2D eigenvalue weighted by Gasteiger charge is -2.30. The smallest absolute Gasteiger partial charge is 0.354 e. The predicted molar refractivity (Wildman–Crippen MR) is 126 cm³/mol. The number of methoxy groups -OCH3 is 1. The number of likely N-dealkylation sites (tertiary alicyclic amines) is 1. The van der Waals surface area contributed by atoms with Gasteiger partial charge in [-0.3, -0.25) is 9.59 Å². The Morgan fingerprint density at radius 1 is 1.23 bits per heavy atom. The second kappa shape index (κ2) is 10.2. The number of benzene rings is 1. The first-order valence-corrected chi connectivity index (χ1v) is 11.8. The number of hydrogen-bond acceptors (Lipinski definition) is 6. The Morgan fingerprint density at radius 2 is 1.89 bits per heavy atom. The molecule has 1 aromatic carbocycles. The normalized spacial score (nSPS) is 20.5. The van der Waals surface area contributed by atoms with Gasteiger partial charge in [0.15, 0.2) is 0 Å². The topological polar surface area (TPSA) is 116 Å². The predicted octanol–water partition coefficient (Wildman–Crippen LogP) is 0.211. The first-order valence-electron chi connectivity index (χ1n) is 11.5. The third-order valence-electron chi connectivity index (χ3n) is 6.68. The van der Waals surface area contributed by atoms with Crippen molar-refractivity contribution in [3.05, 3.63) is 62.9 Å². The molecule has 2 aliphatic rings. The highest BCUT2D eigenvalue weighted by Gasteiger charge is 2.44. The van der Waals surface area contributed by atoms with Crippen LogP contribution in [-0.4, -0.2) is 74.0 Å². The molecule has 2 saturated heterocycles. The van der Waals surface area contributed by atoms with Crippen LogP contribution < -0.4 is 10.0 Å². The van der Waals surface area contributed by atoms with E-state index < -0.39 is 29.5 Å². The van der Waals surface area contributed by atoms with Gasteiger partial charge in [0.2, 0.25) is 5.78 Å². The van der Waals surface area contributed by atoms with Crippen LogP contribution >= 0.6 is 11.6 Å². The molecule has 3 heterocycles. The van der Waals surface area contributed by atoms with Gasteiger partial charge in [-0.05, 0) is 42.7 Å². The largest absolute Gasteiger partial charge is 0.872 e. The minimum Gasteiger partial charge on any atom is -0.872 e. The highest BCUT2D eigenvalue weighted by molar-refractivity contribution is 6.46. The second-order valence-electron chi connectivity index (χ2n) is 8.75. The standard InChI is InChI=1S/C25H28ClN3O6/c1-14-18(15(2)27-20(14)25(33)34-3)22(30)19-21(16-4-6-17(26)7-5-16)29(24(32)23(19)31)9-8-28-10-12-35-13-11-28/h4-7,21,27,30H,8-13H2,1-3H3. The number of hydrogen-bond donors (Lipinski definition) is 2. The van der Waals surface area contributed by atoms with Crippen molar-refractivity contribution >= 4 is 35.0 Å². The second-order valence-corrected chi connectivity index (χ2v) is 9.19. The molecule has 0 spiro atoms. The van der Waals surface area contributed by atoms with Gasteiger partial charge in [-0.25, -0.2) is 4.79 Å². The van der Waals surface area contributed by atoms with Gasteiger partial charge in [-0.15, -0.1) is 0 Å². The van der Waals surface area contributed by atoms with E-state index in [9.17, 15) is 19.5 Å². The van der Waals surface area contributed by atoms with Crippen LogP contribution in [0.3, 0.4) is 0 Å². The number of carbonyl (C=O) groups is 3. The summed E-state index contributed by atoms with van der Waals surface area (Å²) < 4.78 is 10.2. The quantitative estimate of drug-likeness (QED) is 0.253. The fraction of sp³-hybridized carbons (Fsp3) is 0.400.